The summed E-state index contributed by atoms with van der Waals surface area (Å²) in [5.74, 6) is -0.701. The molecule has 0 spiro atoms. The monoisotopic (exact) mass is 339 g/mol. The van der Waals surface area contributed by atoms with E-state index >= 15 is 0 Å². The van der Waals surface area contributed by atoms with Gasteiger partial charge in [0.1, 0.15) is 6.10 Å². The number of ether oxygens (including phenoxy) is 1. The van der Waals surface area contributed by atoms with Gasteiger partial charge in [0.05, 0.1) is 12.8 Å². The number of carbonyl (C=O) groups is 2. The van der Waals surface area contributed by atoms with E-state index < -0.39 is 0 Å². The summed E-state index contributed by atoms with van der Waals surface area (Å²) in [5, 5.41) is 4.13. The van der Waals surface area contributed by atoms with Crippen molar-refractivity contribution in [3.8, 4) is 0 Å². The van der Waals surface area contributed by atoms with Crippen LogP contribution in [0.4, 0.5) is 0 Å². The summed E-state index contributed by atoms with van der Waals surface area (Å²) in [6.45, 7) is 1.56. The second kappa shape index (κ2) is 6.84. The molecule has 0 amide bonds. The summed E-state index contributed by atoms with van der Waals surface area (Å²) in [5.41, 5.74) is 2.43. The summed E-state index contributed by atoms with van der Waals surface area (Å²) < 4.78 is 5.61. The lowest BCUT2D eigenvalue weighted by Crippen LogP contribution is -2.38. The van der Waals surface area contributed by atoms with Crippen molar-refractivity contribution < 1.29 is 19.2 Å². The molecule has 1 fully saturated rings. The van der Waals surface area contributed by atoms with Crippen LogP contribution >= 0.6 is 0 Å². The van der Waals surface area contributed by atoms with E-state index in [0.717, 1.165) is 32.4 Å². The van der Waals surface area contributed by atoms with Gasteiger partial charge in [-0.1, -0.05) is 36.4 Å². The van der Waals surface area contributed by atoms with Gasteiger partial charge in [-0.05, 0) is 28.3 Å². The molecule has 2 aliphatic rings. The molecule has 1 heterocycles. The highest BCUT2D eigenvalue weighted by molar-refractivity contribution is 5.90. The van der Waals surface area contributed by atoms with Crippen molar-refractivity contribution in [2.45, 2.75) is 38.2 Å². The van der Waals surface area contributed by atoms with Crippen LogP contribution in [0.15, 0.2) is 36.4 Å². The second-order valence-corrected chi connectivity index (χ2v) is 6.70. The summed E-state index contributed by atoms with van der Waals surface area (Å²) in [4.78, 5) is 28.9. The molecule has 1 saturated heterocycles. The first-order valence-electron chi connectivity index (χ1n) is 8.84. The normalized spacial score (nSPS) is 17.1. The number of hydrogen-bond acceptors (Lipinski definition) is 5. The minimum Gasteiger partial charge on any atom is -0.462 e. The van der Waals surface area contributed by atoms with E-state index in [1.165, 1.54) is 21.9 Å². The maximum absolute atomic E-state index is 12.1. The molecular weight excluding hydrogens is 318 g/mol. The van der Waals surface area contributed by atoms with Crippen molar-refractivity contribution in [3.05, 3.63) is 47.5 Å². The van der Waals surface area contributed by atoms with Crippen molar-refractivity contribution >= 4 is 22.7 Å². The summed E-state index contributed by atoms with van der Waals surface area (Å²) in [6, 6.07) is 12.5. The number of nitrogens with zero attached hydrogens (tertiary/aromatic N) is 1. The molecule has 0 saturated carbocycles. The molecule has 5 heteroatoms. The Bertz CT molecular complexity index is 772. The zero-order chi connectivity index (χ0) is 17.2. The second-order valence-electron chi connectivity index (χ2n) is 6.70. The standard InChI is InChI=1S/C20H21NO4/c22-18(8-9-19(23)25-21-10-3-11-21)24-17-12-15-6-1-4-14-5-2-7-16(13-17)20(14)15/h1-2,4-7,17H,3,8-13H2. The number of esters is 1. The van der Waals surface area contributed by atoms with Gasteiger partial charge in [-0.15, -0.1) is 5.06 Å². The third-order valence-corrected chi connectivity index (χ3v) is 4.85. The summed E-state index contributed by atoms with van der Waals surface area (Å²) >= 11 is 0. The molecule has 1 aliphatic carbocycles. The average molecular weight is 339 g/mol. The predicted molar refractivity (Wildman–Crippen MR) is 92.8 cm³/mol. The van der Waals surface area contributed by atoms with Crippen molar-refractivity contribution in [3.63, 3.8) is 0 Å². The van der Waals surface area contributed by atoms with Gasteiger partial charge < -0.3 is 9.57 Å². The molecular formula is C20H21NO4. The molecule has 0 N–H and O–H groups in total. The van der Waals surface area contributed by atoms with Crippen LogP contribution in [0.1, 0.15) is 30.4 Å². The largest absolute Gasteiger partial charge is 0.462 e. The van der Waals surface area contributed by atoms with Gasteiger partial charge in [0.2, 0.25) is 0 Å². The minimum absolute atomic E-state index is 0.0637. The fraction of sp³-hybridized carbons (Fsp3) is 0.400. The first kappa shape index (κ1) is 16.1. The van der Waals surface area contributed by atoms with Crippen LogP contribution in [0.2, 0.25) is 0 Å². The SMILES string of the molecule is O=C(CCC(=O)ON1CCC1)OC1Cc2cccc3cccc(c23)C1. The third kappa shape index (κ3) is 3.51. The Morgan fingerprint density at radius 1 is 0.960 bits per heavy atom. The molecule has 0 atom stereocenters. The Labute approximate surface area is 146 Å². The van der Waals surface area contributed by atoms with Crippen LogP contribution in [-0.4, -0.2) is 36.2 Å². The van der Waals surface area contributed by atoms with Gasteiger partial charge >= 0.3 is 11.9 Å². The number of benzene rings is 2. The Morgan fingerprint density at radius 2 is 1.60 bits per heavy atom. The fourth-order valence-corrected chi connectivity index (χ4v) is 3.51. The van der Waals surface area contributed by atoms with Crippen molar-refractivity contribution in [2.24, 2.45) is 0 Å². The van der Waals surface area contributed by atoms with Crippen LogP contribution in [0.25, 0.3) is 10.8 Å². The Balaban J connectivity index is 1.33. The highest BCUT2D eigenvalue weighted by Crippen LogP contribution is 2.30. The first-order chi connectivity index (χ1) is 12.2. The molecule has 2 aromatic rings. The average Bonchev–Trinajstić information content (AvgIpc) is 2.57. The molecule has 0 unspecified atom stereocenters. The van der Waals surface area contributed by atoms with Crippen LogP contribution in [-0.2, 0) is 32.0 Å². The van der Waals surface area contributed by atoms with Crippen LogP contribution in [0.5, 0.6) is 0 Å². The number of hydrogen-bond donors (Lipinski definition) is 0. The minimum atomic E-state index is -0.365. The van der Waals surface area contributed by atoms with Gasteiger partial charge in [0.15, 0.2) is 0 Å². The highest BCUT2D eigenvalue weighted by Gasteiger charge is 2.24. The van der Waals surface area contributed by atoms with Crippen LogP contribution in [0.3, 0.4) is 0 Å². The smallest absolute Gasteiger partial charge is 0.325 e. The van der Waals surface area contributed by atoms with E-state index in [1.54, 1.807) is 5.06 Å². The molecule has 5 nitrogen and oxygen atoms in total. The van der Waals surface area contributed by atoms with E-state index in [9.17, 15) is 9.59 Å². The molecule has 4 rings (SSSR count). The van der Waals surface area contributed by atoms with Crippen molar-refractivity contribution in [2.75, 3.05) is 13.1 Å². The number of rotatable bonds is 5. The lowest BCUT2D eigenvalue weighted by Gasteiger charge is -2.28. The Kier molecular flexibility index (Phi) is 4.40. The summed E-state index contributed by atoms with van der Waals surface area (Å²) in [7, 11) is 0. The lowest BCUT2D eigenvalue weighted by atomic mass is 9.87. The molecule has 0 aromatic heterocycles. The van der Waals surface area contributed by atoms with Crippen LogP contribution in [0, 0.1) is 0 Å². The maximum atomic E-state index is 12.1. The Morgan fingerprint density at radius 3 is 2.20 bits per heavy atom. The number of carbonyl (C=O) groups excluding carboxylic acids is 2. The van der Waals surface area contributed by atoms with E-state index in [4.69, 9.17) is 9.57 Å². The topological polar surface area (TPSA) is 55.8 Å². The lowest BCUT2D eigenvalue weighted by molar-refractivity contribution is -0.208. The maximum Gasteiger partial charge on any atom is 0.325 e. The Hall–Kier alpha value is -2.40. The van der Waals surface area contributed by atoms with E-state index in [0.29, 0.717) is 0 Å². The van der Waals surface area contributed by atoms with E-state index in [1.807, 2.05) is 12.1 Å². The molecule has 2 aromatic carbocycles. The van der Waals surface area contributed by atoms with Gasteiger partial charge in [-0.3, -0.25) is 9.59 Å². The third-order valence-electron chi connectivity index (χ3n) is 4.85. The number of hydroxylamine groups is 2. The fourth-order valence-electron chi connectivity index (χ4n) is 3.51. The predicted octanol–water partition coefficient (Wildman–Crippen LogP) is 2.79. The van der Waals surface area contributed by atoms with E-state index in [2.05, 4.69) is 24.3 Å². The van der Waals surface area contributed by atoms with Crippen LogP contribution < -0.4 is 0 Å². The van der Waals surface area contributed by atoms with Gasteiger partial charge in [0, 0.05) is 25.9 Å². The highest BCUT2D eigenvalue weighted by atomic mass is 16.7. The van der Waals surface area contributed by atoms with Crippen molar-refractivity contribution in [1.82, 2.24) is 5.06 Å². The molecule has 25 heavy (non-hydrogen) atoms. The molecule has 0 bridgehead atoms. The molecule has 1 aliphatic heterocycles. The van der Waals surface area contributed by atoms with Crippen molar-refractivity contribution in [1.29, 1.82) is 0 Å². The van der Waals surface area contributed by atoms with E-state index in [-0.39, 0.29) is 30.9 Å². The summed E-state index contributed by atoms with van der Waals surface area (Å²) in [6.07, 6.45) is 2.45. The molecule has 130 valence electrons. The zero-order valence-electron chi connectivity index (χ0n) is 14.1. The quantitative estimate of drug-likeness (QED) is 0.784. The first-order valence-corrected chi connectivity index (χ1v) is 8.84. The molecule has 0 radical (unpaired) electrons. The van der Waals surface area contributed by atoms with Gasteiger partial charge in [0.25, 0.3) is 0 Å². The van der Waals surface area contributed by atoms with Gasteiger partial charge in [-0.2, -0.15) is 0 Å². The van der Waals surface area contributed by atoms with Gasteiger partial charge in [-0.25, -0.2) is 0 Å². The zero-order valence-corrected chi connectivity index (χ0v) is 14.1.